The van der Waals surface area contributed by atoms with Crippen LogP contribution >= 0.6 is 17.0 Å². The maximum absolute atomic E-state index is 12.4. The molecule has 1 saturated heterocycles. The summed E-state index contributed by atoms with van der Waals surface area (Å²) in [5.41, 5.74) is 0.561. The number of hydrogen-bond donors (Lipinski definition) is 0. The molecule has 0 saturated carbocycles. The van der Waals surface area contributed by atoms with Crippen molar-refractivity contribution in [3.8, 4) is 5.75 Å². The lowest BCUT2D eigenvalue weighted by Crippen LogP contribution is -2.54. The highest BCUT2D eigenvalue weighted by Crippen LogP contribution is 2.27. The molecule has 1 aromatic carbocycles. The van der Waals surface area contributed by atoms with Crippen LogP contribution in [0.5, 0.6) is 5.75 Å². The normalized spacial score (nSPS) is 15.8. The molecule has 0 radical (unpaired) electrons. The molecule has 0 atom stereocenters. The molecule has 0 spiro atoms. The number of rotatable bonds is 15. The lowest BCUT2D eigenvalue weighted by molar-refractivity contribution is -0.932. The molecule has 1 heterocycles. The summed E-state index contributed by atoms with van der Waals surface area (Å²) in [5.74, 6) is 0.661. The smallest absolute Gasteiger partial charge is 0.151 e. The van der Waals surface area contributed by atoms with Crippen LogP contribution in [0.25, 0.3) is 0 Å². The average Bonchev–Trinajstić information content (AvgIpc) is 2.78. The summed E-state index contributed by atoms with van der Waals surface area (Å²) in [6.45, 7) is 10.1. The first-order valence-corrected chi connectivity index (χ1v) is 12.6. The molecule has 0 aromatic heterocycles. The topological polar surface area (TPSA) is 53.9 Å². The SMILES string of the molecule is Br.CCCCCCCOc1ccccc1N=C([O-])OCC[N+]1(CCCCC)CCCCC1. The highest BCUT2D eigenvalue weighted by Gasteiger charge is 2.28. The van der Waals surface area contributed by atoms with Gasteiger partial charge in [0.05, 0.1) is 32.8 Å². The van der Waals surface area contributed by atoms with E-state index in [1.165, 1.54) is 83.8 Å². The minimum Gasteiger partial charge on any atom is -0.594 e. The van der Waals surface area contributed by atoms with Gasteiger partial charge in [0, 0.05) is 6.61 Å². The molecule has 32 heavy (non-hydrogen) atoms. The predicted molar refractivity (Wildman–Crippen MR) is 137 cm³/mol. The number of piperidine rings is 1. The number of hydrogen-bond acceptors (Lipinski definition) is 4. The Bertz CT molecular complexity index is 633. The first-order chi connectivity index (χ1) is 15.2. The van der Waals surface area contributed by atoms with Gasteiger partial charge in [0.25, 0.3) is 0 Å². The van der Waals surface area contributed by atoms with Gasteiger partial charge >= 0.3 is 0 Å². The molecule has 1 fully saturated rings. The number of benzene rings is 1. The lowest BCUT2D eigenvalue weighted by atomic mass is 10.1. The maximum Gasteiger partial charge on any atom is 0.151 e. The summed E-state index contributed by atoms with van der Waals surface area (Å²) in [6.07, 6.45) is 13.1. The Morgan fingerprint density at radius 1 is 0.875 bits per heavy atom. The third-order valence-corrected chi connectivity index (χ3v) is 6.37. The van der Waals surface area contributed by atoms with E-state index in [-0.39, 0.29) is 17.0 Å². The summed E-state index contributed by atoms with van der Waals surface area (Å²) < 4.78 is 12.5. The Hall–Kier alpha value is -1.27. The molecule has 0 bridgehead atoms. The van der Waals surface area contributed by atoms with Gasteiger partial charge in [-0.2, -0.15) is 0 Å². The van der Waals surface area contributed by atoms with E-state index in [2.05, 4.69) is 18.8 Å². The summed E-state index contributed by atoms with van der Waals surface area (Å²) in [5, 5.41) is 12.4. The zero-order valence-corrected chi connectivity index (χ0v) is 22.1. The molecule has 1 aliphatic rings. The predicted octanol–water partition coefficient (Wildman–Crippen LogP) is 6.17. The average molecular weight is 514 g/mol. The van der Waals surface area contributed by atoms with Gasteiger partial charge in [0.2, 0.25) is 0 Å². The van der Waals surface area contributed by atoms with Crippen molar-refractivity contribution in [2.24, 2.45) is 4.99 Å². The quantitative estimate of drug-likeness (QED) is 0.122. The standard InChI is InChI=1S/C26H44N2O3.BrH/c1-3-5-7-8-15-22-30-25-17-11-10-16-24(25)27-26(29)31-23-21-28(18-12-6-4-2)19-13-9-14-20-28;/h10-11,16-17H,3-9,12-15,18-23H2,1-2H3;1H. The second kappa shape index (κ2) is 17.2. The van der Waals surface area contributed by atoms with E-state index in [4.69, 9.17) is 9.47 Å². The van der Waals surface area contributed by atoms with Crippen molar-refractivity contribution in [1.29, 1.82) is 0 Å². The third-order valence-electron chi connectivity index (χ3n) is 6.37. The molecule has 1 aromatic rings. The minimum absolute atomic E-state index is 0. The zero-order chi connectivity index (χ0) is 22.2. The Balaban J connectivity index is 0.00000512. The summed E-state index contributed by atoms with van der Waals surface area (Å²) >= 11 is 0. The highest BCUT2D eigenvalue weighted by atomic mass is 79.9. The van der Waals surface area contributed by atoms with Gasteiger partial charge in [-0.1, -0.05) is 58.1 Å². The van der Waals surface area contributed by atoms with Gasteiger partial charge in [-0.3, -0.25) is 0 Å². The summed E-state index contributed by atoms with van der Waals surface area (Å²) in [6, 6.07) is 7.48. The van der Waals surface area contributed by atoms with Crippen LogP contribution in [0.3, 0.4) is 0 Å². The Labute approximate surface area is 206 Å². The van der Waals surface area contributed by atoms with Crippen molar-refractivity contribution in [2.75, 3.05) is 39.4 Å². The Kier molecular flexibility index (Phi) is 15.5. The number of aliphatic imine (C=N–C) groups is 1. The van der Waals surface area contributed by atoms with Crippen molar-refractivity contribution in [2.45, 2.75) is 84.5 Å². The molecular weight excluding hydrogens is 468 g/mol. The molecule has 184 valence electrons. The number of para-hydroxylation sites is 2. The zero-order valence-electron chi connectivity index (χ0n) is 20.4. The third kappa shape index (κ3) is 11.0. The lowest BCUT2D eigenvalue weighted by Gasteiger charge is -2.42. The maximum atomic E-state index is 12.4. The van der Waals surface area contributed by atoms with E-state index >= 15 is 0 Å². The van der Waals surface area contributed by atoms with Gasteiger partial charge in [0.15, 0.2) is 6.08 Å². The van der Waals surface area contributed by atoms with E-state index in [0.29, 0.717) is 24.7 Å². The Morgan fingerprint density at radius 2 is 1.56 bits per heavy atom. The molecule has 5 nitrogen and oxygen atoms in total. The van der Waals surface area contributed by atoms with Crippen LogP contribution in [0.4, 0.5) is 5.69 Å². The number of ether oxygens (including phenoxy) is 2. The van der Waals surface area contributed by atoms with Crippen molar-refractivity contribution in [1.82, 2.24) is 0 Å². The molecule has 0 unspecified atom stereocenters. The van der Waals surface area contributed by atoms with Gasteiger partial charge in [0.1, 0.15) is 11.4 Å². The molecule has 6 heteroatoms. The van der Waals surface area contributed by atoms with Crippen molar-refractivity contribution in [3.63, 3.8) is 0 Å². The van der Waals surface area contributed by atoms with Crippen molar-refractivity contribution in [3.05, 3.63) is 24.3 Å². The minimum atomic E-state index is -0.511. The second-order valence-electron chi connectivity index (χ2n) is 8.96. The first-order valence-electron chi connectivity index (χ1n) is 12.6. The number of unbranched alkanes of at least 4 members (excludes halogenated alkanes) is 6. The molecule has 0 aliphatic carbocycles. The van der Waals surface area contributed by atoms with Crippen LogP contribution < -0.4 is 9.84 Å². The highest BCUT2D eigenvalue weighted by molar-refractivity contribution is 8.93. The fraction of sp³-hybridized carbons (Fsp3) is 0.731. The van der Waals surface area contributed by atoms with Gasteiger partial charge < -0.3 is 19.1 Å². The van der Waals surface area contributed by atoms with Crippen LogP contribution in [-0.4, -0.2) is 50.0 Å². The van der Waals surface area contributed by atoms with Crippen LogP contribution in [0, 0.1) is 0 Å². The summed E-state index contributed by atoms with van der Waals surface area (Å²) in [7, 11) is 0. The van der Waals surface area contributed by atoms with Gasteiger partial charge in [-0.15, -0.1) is 17.0 Å². The number of likely N-dealkylation sites (tertiary alicyclic amines) is 1. The molecule has 0 N–H and O–H groups in total. The number of quaternary nitrogens is 1. The van der Waals surface area contributed by atoms with Crippen LogP contribution in [-0.2, 0) is 4.74 Å². The fourth-order valence-electron chi connectivity index (χ4n) is 4.46. The van der Waals surface area contributed by atoms with Crippen LogP contribution in [0.15, 0.2) is 29.3 Å². The van der Waals surface area contributed by atoms with Crippen molar-refractivity contribution < 1.29 is 19.1 Å². The van der Waals surface area contributed by atoms with Crippen molar-refractivity contribution >= 4 is 28.8 Å². The fourth-order valence-corrected chi connectivity index (χ4v) is 4.46. The van der Waals surface area contributed by atoms with Gasteiger partial charge in [-0.25, -0.2) is 4.99 Å². The molecule has 0 amide bonds. The molecular formula is C26H45BrN2O3. The summed E-state index contributed by atoms with van der Waals surface area (Å²) in [4.78, 5) is 4.18. The monoisotopic (exact) mass is 512 g/mol. The molecule has 2 rings (SSSR count). The largest absolute Gasteiger partial charge is 0.594 e. The number of halogens is 1. The van der Waals surface area contributed by atoms with E-state index in [1.54, 1.807) is 0 Å². The molecule has 1 aliphatic heterocycles. The first kappa shape index (κ1) is 28.8. The van der Waals surface area contributed by atoms with E-state index < -0.39 is 6.08 Å². The number of nitrogens with zero attached hydrogens (tertiary/aromatic N) is 2. The second-order valence-corrected chi connectivity index (χ2v) is 8.96. The van der Waals surface area contributed by atoms with Crippen LogP contribution in [0.2, 0.25) is 0 Å². The van der Waals surface area contributed by atoms with Gasteiger partial charge in [-0.05, 0) is 50.7 Å². The van der Waals surface area contributed by atoms with E-state index in [0.717, 1.165) is 17.4 Å². The van der Waals surface area contributed by atoms with E-state index in [1.807, 2.05) is 24.3 Å². The Morgan fingerprint density at radius 3 is 2.31 bits per heavy atom. The van der Waals surface area contributed by atoms with E-state index in [9.17, 15) is 5.11 Å². The van der Waals surface area contributed by atoms with Crippen LogP contribution in [0.1, 0.15) is 84.5 Å².